The second-order valence-electron chi connectivity index (χ2n) is 6.93. The molecule has 1 aromatic heterocycles. The van der Waals surface area contributed by atoms with Crippen molar-refractivity contribution in [2.24, 2.45) is 5.10 Å². The smallest absolute Gasteiger partial charge is 0.273 e. The predicted octanol–water partition coefficient (Wildman–Crippen LogP) is 2.95. The quantitative estimate of drug-likeness (QED) is 0.862. The van der Waals surface area contributed by atoms with E-state index in [1.807, 2.05) is 39.7 Å². The summed E-state index contributed by atoms with van der Waals surface area (Å²) in [6.07, 6.45) is 3.96. The molecule has 1 amide bonds. The molecule has 4 rings (SSSR count). The Labute approximate surface area is 163 Å². The Balaban J connectivity index is 1.44. The van der Waals surface area contributed by atoms with Crippen LogP contribution in [0.25, 0.3) is 0 Å². The molecule has 1 aromatic carbocycles. The average Bonchev–Trinajstić information content (AvgIpc) is 3.40. The number of hydrazone groups is 1. The van der Waals surface area contributed by atoms with Gasteiger partial charge in [0.15, 0.2) is 0 Å². The lowest BCUT2D eigenvalue weighted by atomic mass is 10.0. The van der Waals surface area contributed by atoms with Crippen molar-refractivity contribution in [3.05, 3.63) is 46.4 Å². The maximum atomic E-state index is 13.0. The molecule has 27 heavy (non-hydrogen) atoms. The van der Waals surface area contributed by atoms with Crippen LogP contribution in [0.4, 0.5) is 5.69 Å². The number of anilines is 1. The summed E-state index contributed by atoms with van der Waals surface area (Å²) in [5.41, 5.74) is 1.65. The van der Waals surface area contributed by atoms with Crippen molar-refractivity contribution in [2.45, 2.75) is 31.7 Å². The number of para-hydroxylation sites is 1. The molecule has 0 spiro atoms. The molecule has 1 fully saturated rings. The Morgan fingerprint density at radius 3 is 2.81 bits per heavy atom. The second-order valence-corrected chi connectivity index (χ2v) is 7.82. The largest absolute Gasteiger partial charge is 0.334 e. The Kier molecular flexibility index (Phi) is 5.50. The molecular formula is C20H25N5OS. The van der Waals surface area contributed by atoms with E-state index in [-0.39, 0.29) is 11.8 Å². The number of nitrogens with zero attached hydrogens (tertiary/aromatic N) is 4. The van der Waals surface area contributed by atoms with Gasteiger partial charge in [-0.3, -0.25) is 9.80 Å². The number of rotatable bonds is 5. The lowest BCUT2D eigenvalue weighted by Gasteiger charge is -2.33. The summed E-state index contributed by atoms with van der Waals surface area (Å²) in [6.45, 7) is 5.49. The van der Waals surface area contributed by atoms with E-state index in [4.69, 9.17) is 0 Å². The molecule has 7 heteroatoms. The van der Waals surface area contributed by atoms with Crippen molar-refractivity contribution in [1.29, 1.82) is 0 Å². The highest BCUT2D eigenvalue weighted by atomic mass is 32.1. The monoisotopic (exact) mass is 383 g/mol. The first-order chi connectivity index (χ1) is 13.3. The minimum absolute atomic E-state index is 0.0572. The zero-order valence-corrected chi connectivity index (χ0v) is 16.4. The van der Waals surface area contributed by atoms with Gasteiger partial charge in [-0.2, -0.15) is 5.10 Å². The summed E-state index contributed by atoms with van der Waals surface area (Å²) in [6, 6.07) is 10.4. The van der Waals surface area contributed by atoms with Gasteiger partial charge in [0.05, 0.1) is 18.2 Å². The number of thiazole rings is 1. The van der Waals surface area contributed by atoms with E-state index in [9.17, 15) is 4.79 Å². The van der Waals surface area contributed by atoms with Crippen LogP contribution in [0.5, 0.6) is 0 Å². The summed E-state index contributed by atoms with van der Waals surface area (Å²) >= 11 is 1.56. The van der Waals surface area contributed by atoms with Crippen LogP contribution in [0.2, 0.25) is 0 Å². The van der Waals surface area contributed by atoms with Crippen molar-refractivity contribution >= 4 is 29.1 Å². The van der Waals surface area contributed by atoms with Gasteiger partial charge >= 0.3 is 0 Å². The van der Waals surface area contributed by atoms with Crippen molar-refractivity contribution in [3.8, 4) is 0 Å². The van der Waals surface area contributed by atoms with E-state index in [0.29, 0.717) is 11.7 Å². The predicted molar refractivity (Wildman–Crippen MR) is 110 cm³/mol. The number of piperidine rings is 1. The summed E-state index contributed by atoms with van der Waals surface area (Å²) in [5.74, 6) is 0.187. The van der Waals surface area contributed by atoms with E-state index < -0.39 is 0 Å². The molecule has 0 bridgehead atoms. The number of carbonyl (C=O) groups excluding carboxylic acids is 1. The van der Waals surface area contributed by atoms with Crippen LogP contribution < -0.4 is 10.3 Å². The fraction of sp³-hybridized carbons (Fsp3) is 0.450. The van der Waals surface area contributed by atoms with E-state index >= 15 is 0 Å². The topological polar surface area (TPSA) is 60.8 Å². The fourth-order valence-corrected chi connectivity index (χ4v) is 4.59. The third kappa shape index (κ3) is 3.89. The van der Waals surface area contributed by atoms with Crippen molar-refractivity contribution < 1.29 is 4.79 Å². The molecule has 6 nitrogen and oxygen atoms in total. The van der Waals surface area contributed by atoms with Gasteiger partial charge in [0.2, 0.25) is 0 Å². The zero-order valence-electron chi connectivity index (χ0n) is 15.5. The average molecular weight is 384 g/mol. The number of amides is 1. The maximum absolute atomic E-state index is 13.0. The lowest BCUT2D eigenvalue weighted by molar-refractivity contribution is 0.0650. The molecule has 1 unspecified atom stereocenters. The molecule has 0 radical (unpaired) electrons. The first-order valence-electron chi connectivity index (χ1n) is 9.60. The van der Waals surface area contributed by atoms with E-state index in [2.05, 4.69) is 34.5 Å². The molecule has 3 heterocycles. The SMILES string of the molecule is CCN(C(=O)c1csc(C2C=NN(c3ccccc3)C2)n1)C1CCNCC1. The van der Waals surface area contributed by atoms with Gasteiger partial charge in [0.25, 0.3) is 5.91 Å². The number of aromatic nitrogens is 1. The Hall–Kier alpha value is -2.25. The van der Waals surface area contributed by atoms with Gasteiger partial charge in [-0.1, -0.05) is 18.2 Å². The highest BCUT2D eigenvalue weighted by Gasteiger charge is 2.28. The van der Waals surface area contributed by atoms with Gasteiger partial charge in [-0.25, -0.2) is 4.98 Å². The highest BCUT2D eigenvalue weighted by Crippen LogP contribution is 2.28. The van der Waals surface area contributed by atoms with Gasteiger partial charge in [0, 0.05) is 24.2 Å². The first kappa shape index (κ1) is 18.1. The third-order valence-electron chi connectivity index (χ3n) is 5.22. The maximum Gasteiger partial charge on any atom is 0.273 e. The number of hydrogen-bond donors (Lipinski definition) is 1. The van der Waals surface area contributed by atoms with Gasteiger partial charge in [-0.05, 0) is 45.0 Å². The van der Waals surface area contributed by atoms with Gasteiger partial charge in [0.1, 0.15) is 10.7 Å². The van der Waals surface area contributed by atoms with Crippen LogP contribution in [0.1, 0.15) is 41.2 Å². The van der Waals surface area contributed by atoms with Crippen molar-refractivity contribution in [3.63, 3.8) is 0 Å². The first-order valence-corrected chi connectivity index (χ1v) is 10.5. The molecule has 2 aliphatic rings. The van der Waals surface area contributed by atoms with Crippen LogP contribution in [-0.4, -0.2) is 54.2 Å². The Morgan fingerprint density at radius 2 is 2.07 bits per heavy atom. The Morgan fingerprint density at radius 1 is 1.30 bits per heavy atom. The lowest BCUT2D eigenvalue weighted by Crippen LogP contribution is -2.46. The minimum atomic E-state index is 0.0572. The molecule has 0 saturated carbocycles. The zero-order chi connectivity index (χ0) is 18.6. The number of hydrogen-bond acceptors (Lipinski definition) is 6. The summed E-state index contributed by atoms with van der Waals surface area (Å²) in [5, 5.41) is 12.7. The normalized spacial score (nSPS) is 20.2. The molecule has 2 aromatic rings. The Bertz CT molecular complexity index is 800. The van der Waals surface area contributed by atoms with Crippen LogP contribution in [0.3, 0.4) is 0 Å². The highest BCUT2D eigenvalue weighted by molar-refractivity contribution is 7.10. The van der Waals surface area contributed by atoms with E-state index in [1.165, 1.54) is 0 Å². The molecule has 2 aliphatic heterocycles. The molecule has 1 saturated heterocycles. The molecule has 142 valence electrons. The number of benzene rings is 1. The van der Waals surface area contributed by atoms with Gasteiger partial charge < -0.3 is 10.2 Å². The molecule has 1 atom stereocenters. The summed E-state index contributed by atoms with van der Waals surface area (Å²) in [4.78, 5) is 19.7. The van der Waals surface area contributed by atoms with Crippen LogP contribution in [0.15, 0.2) is 40.8 Å². The third-order valence-corrected chi connectivity index (χ3v) is 6.20. The number of carbonyl (C=O) groups is 1. The van der Waals surface area contributed by atoms with E-state index in [0.717, 1.165) is 49.7 Å². The standard InChI is InChI=1S/C20H25N5OS/c1-2-24(16-8-10-21-11-9-16)20(26)18-14-27-19(23-18)15-12-22-25(13-15)17-6-4-3-5-7-17/h3-7,12,14-16,21H,2,8-11,13H2,1H3. The van der Waals surface area contributed by atoms with Crippen LogP contribution >= 0.6 is 11.3 Å². The van der Waals surface area contributed by atoms with E-state index in [1.54, 1.807) is 11.3 Å². The summed E-state index contributed by atoms with van der Waals surface area (Å²) in [7, 11) is 0. The second kappa shape index (κ2) is 8.19. The molecule has 1 N–H and O–H groups in total. The fourth-order valence-electron chi connectivity index (χ4n) is 3.74. The van der Waals surface area contributed by atoms with Gasteiger partial charge in [-0.15, -0.1) is 11.3 Å². The number of nitrogens with one attached hydrogen (secondary N) is 1. The summed E-state index contributed by atoms with van der Waals surface area (Å²) < 4.78 is 0. The molecular weight excluding hydrogens is 358 g/mol. The van der Waals surface area contributed by atoms with Crippen molar-refractivity contribution in [2.75, 3.05) is 31.2 Å². The van der Waals surface area contributed by atoms with Crippen LogP contribution in [-0.2, 0) is 0 Å². The molecule has 0 aliphatic carbocycles. The van der Waals surface area contributed by atoms with Crippen LogP contribution in [0, 0.1) is 0 Å². The van der Waals surface area contributed by atoms with Crippen molar-refractivity contribution in [1.82, 2.24) is 15.2 Å². The minimum Gasteiger partial charge on any atom is -0.334 e.